The van der Waals surface area contributed by atoms with Crippen LogP contribution in [0.2, 0.25) is 0 Å². The third-order valence-corrected chi connectivity index (χ3v) is 9.13. The summed E-state index contributed by atoms with van der Waals surface area (Å²) in [5.41, 5.74) is 1.63. The Hall–Kier alpha value is -5.76. The molecule has 2 aromatic carbocycles. The Labute approximate surface area is 316 Å². The quantitative estimate of drug-likeness (QED) is 0.136. The van der Waals surface area contributed by atoms with Crippen LogP contribution in [0.4, 0.5) is 10.5 Å². The third-order valence-electron chi connectivity index (χ3n) is 8.14. The molecule has 4 aromatic rings. The maximum atomic E-state index is 14.7. The van der Waals surface area contributed by atoms with Crippen LogP contribution in [0.15, 0.2) is 47.8 Å². The minimum atomic E-state index is -2.86. The molecule has 0 bridgehead atoms. The molecule has 13 nitrogen and oxygen atoms in total. The smallest absolute Gasteiger partial charge is 0.407 e. The molecule has 0 radical (unpaired) electrons. The van der Waals surface area contributed by atoms with Gasteiger partial charge in [-0.2, -0.15) is 0 Å². The van der Waals surface area contributed by atoms with Gasteiger partial charge in [0.25, 0.3) is 17.7 Å². The van der Waals surface area contributed by atoms with Crippen LogP contribution in [-0.4, -0.2) is 67.6 Å². The van der Waals surface area contributed by atoms with Gasteiger partial charge in [-0.05, 0) is 92.6 Å². The molecule has 2 aromatic heterocycles. The lowest BCUT2D eigenvalue weighted by Gasteiger charge is -2.21. The van der Waals surface area contributed by atoms with Crippen molar-refractivity contribution in [1.82, 2.24) is 20.9 Å². The number of benzene rings is 2. The van der Waals surface area contributed by atoms with E-state index in [1.54, 1.807) is 45.9 Å². The number of esters is 1. The number of ether oxygens (including phenoxy) is 3. The minimum Gasteiger partial charge on any atom is -0.493 e. The molecular weight excluding hydrogens is 699 g/mol. The fourth-order valence-electron chi connectivity index (χ4n) is 5.76. The second kappa shape index (κ2) is 16.3. The summed E-state index contributed by atoms with van der Waals surface area (Å²) in [7, 11) is 1.17. The number of hydrogen-bond donors (Lipinski definition) is 4. The van der Waals surface area contributed by atoms with Crippen molar-refractivity contribution in [2.24, 2.45) is 0 Å². The Morgan fingerprint density at radius 2 is 1.75 bits per heavy atom. The summed E-state index contributed by atoms with van der Waals surface area (Å²) in [5.74, 6) is -2.65. The second-order valence-corrected chi connectivity index (χ2v) is 14.1. The van der Waals surface area contributed by atoms with Crippen molar-refractivity contribution in [2.45, 2.75) is 59.6 Å². The van der Waals surface area contributed by atoms with Crippen molar-refractivity contribution < 1.29 is 42.3 Å². The number of pyridine rings is 1. The number of methoxy groups -OCH3 is 1. The third kappa shape index (κ3) is 8.83. The summed E-state index contributed by atoms with van der Waals surface area (Å²) >= 11 is 1.47. The number of aryl methyl sites for hydroxylation is 1. The average molecular weight is 745 g/mol. The van der Waals surface area contributed by atoms with E-state index < -0.39 is 42.4 Å². The molecule has 0 fully saturated rings. The van der Waals surface area contributed by atoms with Gasteiger partial charge < -0.3 is 35.5 Å². The van der Waals surface area contributed by atoms with Crippen molar-refractivity contribution in [2.75, 3.05) is 32.6 Å². The van der Waals surface area contributed by atoms with E-state index in [9.17, 15) is 24.0 Å². The average Bonchev–Trinajstić information content (AvgIpc) is 3.52. The number of rotatable bonds is 10. The number of amides is 4. The Kier molecular flexibility index (Phi) is 10.5. The summed E-state index contributed by atoms with van der Waals surface area (Å²) in [5, 5.41) is 12.1. The highest BCUT2D eigenvalue weighted by atomic mass is 32.1. The standard InChI is InChI=1S/C39H43N5O8S/c1-8-13-41-36(47)29-10-9-24(32(43-29)37(48)50-7)25-19-30-27(33-23(11-14-51-30)12-15-53-33)18-26(25)35(46)44-31-21(2)16-22(17-28(31)34(45)40-6)20-42-38(49)52-39(3,4)5/h9-10,12,15-19H,8,11,13-14,20H2,1-7H3,(H,40,45)(H,41,47)(H,42,49)(H,44,46)/i6D3. The highest BCUT2D eigenvalue weighted by Crippen LogP contribution is 2.43. The highest BCUT2D eigenvalue weighted by molar-refractivity contribution is 7.13. The summed E-state index contributed by atoms with van der Waals surface area (Å²) < 4.78 is 39.5. The van der Waals surface area contributed by atoms with Gasteiger partial charge in [0.15, 0.2) is 5.69 Å². The molecule has 4 N–H and O–H groups in total. The number of nitrogens with one attached hydrogen (secondary N) is 4. The fourth-order valence-corrected chi connectivity index (χ4v) is 6.73. The molecule has 1 aliphatic heterocycles. The predicted octanol–water partition coefficient (Wildman–Crippen LogP) is 6.28. The van der Waals surface area contributed by atoms with E-state index in [1.807, 2.05) is 23.7 Å². The normalized spacial score (nSPS) is 13.0. The van der Waals surface area contributed by atoms with Gasteiger partial charge in [0.1, 0.15) is 17.0 Å². The second-order valence-electron chi connectivity index (χ2n) is 13.2. The van der Waals surface area contributed by atoms with E-state index in [2.05, 4.69) is 20.9 Å². The van der Waals surface area contributed by atoms with Crippen LogP contribution in [0.5, 0.6) is 5.75 Å². The first-order valence-electron chi connectivity index (χ1n) is 18.4. The van der Waals surface area contributed by atoms with Gasteiger partial charge in [0.05, 0.1) is 25.0 Å². The van der Waals surface area contributed by atoms with Crippen molar-refractivity contribution in [3.8, 4) is 27.3 Å². The van der Waals surface area contributed by atoms with Crippen LogP contribution in [0.25, 0.3) is 21.6 Å². The first-order valence-corrected chi connectivity index (χ1v) is 17.8. The zero-order chi connectivity index (χ0) is 40.9. The van der Waals surface area contributed by atoms with Crippen LogP contribution in [0.1, 0.15) is 96.6 Å². The fraction of sp³-hybridized carbons (Fsp3) is 0.333. The van der Waals surface area contributed by atoms with Crippen LogP contribution in [0.3, 0.4) is 0 Å². The topological polar surface area (TPSA) is 174 Å². The van der Waals surface area contributed by atoms with Crippen molar-refractivity contribution in [1.29, 1.82) is 0 Å². The summed E-state index contributed by atoms with van der Waals surface area (Å²) in [6.45, 7) is 6.43. The van der Waals surface area contributed by atoms with E-state index in [4.69, 9.17) is 18.3 Å². The minimum absolute atomic E-state index is 0.000910. The molecule has 1 aliphatic rings. The molecule has 0 saturated carbocycles. The number of aromatic nitrogens is 1. The maximum absolute atomic E-state index is 14.7. The van der Waals surface area contributed by atoms with E-state index >= 15 is 0 Å². The van der Waals surface area contributed by atoms with Gasteiger partial charge in [-0.3, -0.25) is 14.4 Å². The summed E-state index contributed by atoms with van der Waals surface area (Å²) in [6, 6.07) is 11.2. The Bertz CT molecular complexity index is 2200. The number of anilines is 1. The molecule has 0 saturated heterocycles. The largest absolute Gasteiger partial charge is 0.493 e. The lowest BCUT2D eigenvalue weighted by atomic mass is 9.93. The first kappa shape index (κ1) is 34.3. The predicted molar refractivity (Wildman–Crippen MR) is 202 cm³/mol. The summed E-state index contributed by atoms with van der Waals surface area (Å²) in [4.78, 5) is 71.9. The molecule has 53 heavy (non-hydrogen) atoms. The molecule has 3 heterocycles. The maximum Gasteiger partial charge on any atom is 0.407 e. The molecule has 0 unspecified atom stereocenters. The van der Waals surface area contributed by atoms with Crippen molar-refractivity contribution >= 4 is 46.8 Å². The van der Waals surface area contributed by atoms with Crippen LogP contribution in [-0.2, 0) is 22.4 Å². The zero-order valence-electron chi connectivity index (χ0n) is 33.3. The van der Waals surface area contributed by atoms with Gasteiger partial charge >= 0.3 is 12.1 Å². The van der Waals surface area contributed by atoms with E-state index in [-0.39, 0.29) is 45.9 Å². The van der Waals surface area contributed by atoms with Crippen molar-refractivity contribution in [3.63, 3.8) is 0 Å². The van der Waals surface area contributed by atoms with Gasteiger partial charge in [0, 0.05) is 57.7 Å². The molecule has 0 atom stereocenters. The summed E-state index contributed by atoms with van der Waals surface area (Å²) in [6.07, 6.45) is 0.583. The number of carbonyl (C=O) groups excluding carboxylic acids is 5. The van der Waals surface area contributed by atoms with Gasteiger partial charge in [0.2, 0.25) is 0 Å². The number of thiophene rings is 1. The van der Waals surface area contributed by atoms with E-state index in [0.29, 0.717) is 48.4 Å². The molecular formula is C39H43N5O8S. The molecule has 4 amide bonds. The number of hydrogen-bond acceptors (Lipinski definition) is 10. The lowest BCUT2D eigenvalue weighted by Crippen LogP contribution is -2.32. The molecule has 5 rings (SSSR count). The van der Waals surface area contributed by atoms with Crippen LogP contribution < -0.4 is 26.0 Å². The Morgan fingerprint density at radius 3 is 2.47 bits per heavy atom. The van der Waals surface area contributed by atoms with Gasteiger partial charge in [-0.1, -0.05) is 13.0 Å². The van der Waals surface area contributed by atoms with Crippen LogP contribution >= 0.6 is 11.3 Å². The molecule has 0 spiro atoms. The Balaban J connectivity index is 1.65. The van der Waals surface area contributed by atoms with Gasteiger partial charge in [-0.15, -0.1) is 11.3 Å². The molecule has 14 heteroatoms. The Morgan fingerprint density at radius 1 is 0.962 bits per heavy atom. The lowest BCUT2D eigenvalue weighted by molar-refractivity contribution is 0.0521. The van der Waals surface area contributed by atoms with Crippen molar-refractivity contribution in [3.05, 3.63) is 87.0 Å². The highest BCUT2D eigenvalue weighted by Gasteiger charge is 2.28. The first-order chi connectivity index (χ1) is 26.4. The number of carbonyl (C=O) groups is 5. The number of fused-ring (bicyclic) bond motifs is 3. The monoisotopic (exact) mass is 744 g/mol. The molecule has 0 aliphatic carbocycles. The van der Waals surface area contributed by atoms with Gasteiger partial charge in [-0.25, -0.2) is 14.6 Å². The van der Waals surface area contributed by atoms with Crippen LogP contribution in [0, 0.1) is 6.92 Å². The SMILES string of the molecule is [2H]C([2H])([2H])NC(=O)c1cc(CNC(=O)OC(C)(C)C)cc(C)c1NC(=O)c1cc2c(cc1-c1ccc(C(=O)NCCC)nc1C(=O)OC)OCCc1ccsc1-2. The van der Waals surface area contributed by atoms with E-state index in [0.717, 1.165) is 10.4 Å². The molecule has 278 valence electrons. The van der Waals surface area contributed by atoms with E-state index in [1.165, 1.54) is 36.6 Å². The zero-order valence-corrected chi connectivity index (χ0v) is 31.1. The number of nitrogens with zero attached hydrogens (tertiary/aromatic N) is 1. The number of alkyl carbamates (subject to hydrolysis) is 1.